The molecular formula is C19H28IN5O2S. The summed E-state index contributed by atoms with van der Waals surface area (Å²) in [5, 5.41) is 10.4. The quantitative estimate of drug-likeness (QED) is 0.270. The van der Waals surface area contributed by atoms with Gasteiger partial charge < -0.3 is 20.7 Å². The van der Waals surface area contributed by atoms with Crippen molar-refractivity contribution in [2.45, 2.75) is 26.8 Å². The van der Waals surface area contributed by atoms with Crippen molar-refractivity contribution >= 4 is 47.2 Å². The van der Waals surface area contributed by atoms with Crippen LogP contribution in [0.2, 0.25) is 0 Å². The van der Waals surface area contributed by atoms with E-state index in [1.165, 1.54) is 4.88 Å². The number of aryl methyl sites for hydroxylation is 1. The average Bonchev–Trinajstić information content (AvgIpc) is 3.08. The van der Waals surface area contributed by atoms with Gasteiger partial charge in [-0.1, -0.05) is 12.1 Å². The van der Waals surface area contributed by atoms with Crippen molar-refractivity contribution < 1.29 is 9.53 Å². The molecule has 0 spiro atoms. The zero-order chi connectivity index (χ0) is 19.5. The van der Waals surface area contributed by atoms with E-state index < -0.39 is 0 Å². The Morgan fingerprint density at radius 1 is 1.29 bits per heavy atom. The first-order chi connectivity index (χ1) is 13.1. The highest BCUT2D eigenvalue weighted by Gasteiger charge is 2.04. The van der Waals surface area contributed by atoms with Gasteiger partial charge in [0, 0.05) is 44.2 Å². The molecule has 3 N–H and O–H groups in total. The van der Waals surface area contributed by atoms with Crippen LogP contribution < -0.4 is 20.7 Å². The number of guanidine groups is 1. The van der Waals surface area contributed by atoms with Gasteiger partial charge in [-0.15, -0.1) is 35.3 Å². The summed E-state index contributed by atoms with van der Waals surface area (Å²) in [6.45, 7) is 5.92. The van der Waals surface area contributed by atoms with E-state index in [2.05, 4.69) is 32.9 Å². The van der Waals surface area contributed by atoms with E-state index in [-0.39, 0.29) is 36.5 Å². The number of halogens is 1. The summed E-state index contributed by atoms with van der Waals surface area (Å²) >= 11 is 1.71. The summed E-state index contributed by atoms with van der Waals surface area (Å²) in [6, 6.07) is 7.66. The lowest BCUT2D eigenvalue weighted by Crippen LogP contribution is -2.37. The first-order valence-corrected chi connectivity index (χ1v) is 9.76. The second kappa shape index (κ2) is 13.3. The number of nitrogens with one attached hydrogen (secondary N) is 3. The largest absolute Gasteiger partial charge is 0.484 e. The van der Waals surface area contributed by atoms with E-state index in [1.807, 2.05) is 37.4 Å². The standard InChI is InChI=1S/C19H27N5O2S.HI/c1-4-21-17(25)13-26-16-7-5-6-15(10-16)12-24-19(20-3)22-9-8-18-23-11-14(2)27-18;/h5-7,10-11H,4,8-9,12-13H2,1-3H3,(H,21,25)(H2,20,22,24);1H. The maximum Gasteiger partial charge on any atom is 0.257 e. The second-order valence-electron chi connectivity index (χ2n) is 5.86. The lowest BCUT2D eigenvalue weighted by molar-refractivity contribution is -0.122. The molecule has 1 aromatic carbocycles. The predicted octanol–water partition coefficient (Wildman–Crippen LogP) is 2.49. The van der Waals surface area contributed by atoms with Crippen LogP contribution in [0.1, 0.15) is 22.4 Å². The summed E-state index contributed by atoms with van der Waals surface area (Å²) in [6.07, 6.45) is 2.76. The van der Waals surface area contributed by atoms with Crippen LogP contribution in [-0.4, -0.2) is 43.6 Å². The molecule has 0 saturated carbocycles. The monoisotopic (exact) mass is 517 g/mol. The van der Waals surface area contributed by atoms with Gasteiger partial charge in [-0.3, -0.25) is 9.79 Å². The molecule has 154 valence electrons. The number of aromatic nitrogens is 1. The molecule has 0 atom stereocenters. The molecule has 0 bridgehead atoms. The van der Waals surface area contributed by atoms with Gasteiger partial charge >= 0.3 is 0 Å². The van der Waals surface area contributed by atoms with Gasteiger partial charge in [-0.25, -0.2) is 4.98 Å². The number of rotatable bonds is 9. The number of thiazole rings is 1. The topological polar surface area (TPSA) is 87.6 Å². The molecule has 1 aromatic heterocycles. The Labute approximate surface area is 187 Å². The van der Waals surface area contributed by atoms with Gasteiger partial charge in [0.25, 0.3) is 5.91 Å². The van der Waals surface area contributed by atoms with E-state index in [4.69, 9.17) is 4.74 Å². The number of hydrogen-bond acceptors (Lipinski definition) is 5. The first kappa shape index (κ1) is 24.2. The summed E-state index contributed by atoms with van der Waals surface area (Å²) in [7, 11) is 1.74. The summed E-state index contributed by atoms with van der Waals surface area (Å²) in [5.74, 6) is 1.28. The van der Waals surface area contributed by atoms with Crippen LogP contribution in [0.5, 0.6) is 5.75 Å². The number of hydrogen-bond donors (Lipinski definition) is 3. The molecule has 1 amide bonds. The Morgan fingerprint density at radius 2 is 2.11 bits per heavy atom. The lowest BCUT2D eigenvalue weighted by atomic mass is 10.2. The molecule has 1 heterocycles. The molecule has 2 aromatic rings. The Hall–Kier alpha value is -1.88. The number of aliphatic imine (C=N–C) groups is 1. The van der Waals surface area contributed by atoms with Crippen LogP contribution >= 0.6 is 35.3 Å². The minimum atomic E-state index is -0.124. The molecule has 0 unspecified atom stereocenters. The molecule has 9 heteroatoms. The van der Waals surface area contributed by atoms with Crippen LogP contribution in [0.15, 0.2) is 35.5 Å². The molecule has 0 aliphatic rings. The Balaban J connectivity index is 0.00000392. The molecule has 2 rings (SSSR count). The number of nitrogens with zero attached hydrogens (tertiary/aromatic N) is 2. The second-order valence-corrected chi connectivity index (χ2v) is 7.18. The van der Waals surface area contributed by atoms with Crippen molar-refractivity contribution in [1.82, 2.24) is 20.9 Å². The fourth-order valence-corrected chi connectivity index (χ4v) is 3.14. The van der Waals surface area contributed by atoms with Crippen LogP contribution in [0.3, 0.4) is 0 Å². The molecule has 0 saturated heterocycles. The van der Waals surface area contributed by atoms with Gasteiger partial charge in [0.15, 0.2) is 12.6 Å². The molecule has 0 aliphatic carbocycles. The molecule has 7 nitrogen and oxygen atoms in total. The minimum Gasteiger partial charge on any atom is -0.484 e. The molecule has 0 aliphatic heterocycles. The normalized spacial score (nSPS) is 10.8. The zero-order valence-corrected chi connectivity index (χ0v) is 19.6. The fraction of sp³-hybridized carbons (Fsp3) is 0.421. The first-order valence-electron chi connectivity index (χ1n) is 8.95. The zero-order valence-electron chi connectivity index (χ0n) is 16.4. The molecule has 0 fully saturated rings. The molecule has 28 heavy (non-hydrogen) atoms. The number of likely N-dealkylation sites (N-methyl/N-ethyl adjacent to an activating group) is 1. The van der Waals surface area contributed by atoms with Crippen molar-refractivity contribution in [2.75, 3.05) is 26.7 Å². The Bertz CT molecular complexity index is 766. The summed E-state index contributed by atoms with van der Waals surface area (Å²) < 4.78 is 5.52. The lowest BCUT2D eigenvalue weighted by Gasteiger charge is -2.12. The van der Waals surface area contributed by atoms with Crippen molar-refractivity contribution in [3.8, 4) is 5.75 Å². The highest BCUT2D eigenvalue weighted by Crippen LogP contribution is 2.13. The number of ether oxygens (including phenoxy) is 1. The van der Waals surface area contributed by atoms with Crippen LogP contribution in [0, 0.1) is 6.92 Å². The third-order valence-electron chi connectivity index (χ3n) is 3.63. The van der Waals surface area contributed by atoms with Crippen LogP contribution in [-0.2, 0) is 17.8 Å². The van der Waals surface area contributed by atoms with Crippen molar-refractivity contribution in [3.63, 3.8) is 0 Å². The highest BCUT2D eigenvalue weighted by molar-refractivity contribution is 14.0. The van der Waals surface area contributed by atoms with E-state index in [1.54, 1.807) is 18.4 Å². The summed E-state index contributed by atoms with van der Waals surface area (Å²) in [4.78, 5) is 21.3. The highest BCUT2D eigenvalue weighted by atomic mass is 127. The van der Waals surface area contributed by atoms with Crippen LogP contribution in [0.4, 0.5) is 0 Å². The Kier molecular flexibility index (Phi) is 11.5. The van der Waals surface area contributed by atoms with Gasteiger partial charge in [-0.2, -0.15) is 0 Å². The fourth-order valence-electron chi connectivity index (χ4n) is 2.35. The maximum atomic E-state index is 11.5. The van der Waals surface area contributed by atoms with Gasteiger partial charge in [0.05, 0.1) is 5.01 Å². The number of benzene rings is 1. The van der Waals surface area contributed by atoms with Gasteiger partial charge in [0.1, 0.15) is 5.75 Å². The summed E-state index contributed by atoms with van der Waals surface area (Å²) in [5.41, 5.74) is 1.04. The van der Waals surface area contributed by atoms with E-state index >= 15 is 0 Å². The number of carbonyl (C=O) groups is 1. The Morgan fingerprint density at radius 3 is 2.79 bits per heavy atom. The van der Waals surface area contributed by atoms with E-state index in [0.717, 1.165) is 29.5 Å². The van der Waals surface area contributed by atoms with Crippen molar-refractivity contribution in [2.24, 2.45) is 4.99 Å². The maximum absolute atomic E-state index is 11.5. The van der Waals surface area contributed by atoms with E-state index in [0.29, 0.717) is 18.8 Å². The van der Waals surface area contributed by atoms with Crippen molar-refractivity contribution in [3.05, 3.63) is 45.9 Å². The minimum absolute atomic E-state index is 0. The van der Waals surface area contributed by atoms with Gasteiger partial charge in [0.2, 0.25) is 0 Å². The number of carbonyl (C=O) groups excluding carboxylic acids is 1. The molecular weight excluding hydrogens is 489 g/mol. The third kappa shape index (κ3) is 8.87. The van der Waals surface area contributed by atoms with Gasteiger partial charge in [-0.05, 0) is 31.5 Å². The average molecular weight is 517 g/mol. The van der Waals surface area contributed by atoms with Crippen molar-refractivity contribution in [1.29, 1.82) is 0 Å². The molecule has 0 radical (unpaired) electrons. The smallest absolute Gasteiger partial charge is 0.257 e. The third-order valence-corrected chi connectivity index (χ3v) is 4.60. The predicted molar refractivity (Wildman–Crippen MR) is 125 cm³/mol. The number of amides is 1. The SMILES string of the molecule is CCNC(=O)COc1cccc(CNC(=NC)NCCc2ncc(C)s2)c1.I. The van der Waals surface area contributed by atoms with E-state index in [9.17, 15) is 4.79 Å². The van der Waals surface area contributed by atoms with Crippen LogP contribution in [0.25, 0.3) is 0 Å².